The lowest BCUT2D eigenvalue weighted by Crippen LogP contribution is -2.40. The van der Waals surface area contributed by atoms with Crippen molar-refractivity contribution < 1.29 is 9.90 Å². The molecule has 1 aliphatic heterocycles. The minimum atomic E-state index is -0.855. The van der Waals surface area contributed by atoms with Crippen molar-refractivity contribution in [3.8, 4) is 0 Å². The molecule has 20 heavy (non-hydrogen) atoms. The van der Waals surface area contributed by atoms with Crippen molar-refractivity contribution in [3.63, 3.8) is 0 Å². The van der Waals surface area contributed by atoms with Gasteiger partial charge in [-0.2, -0.15) is 0 Å². The van der Waals surface area contributed by atoms with Crippen LogP contribution in [0.2, 0.25) is 0 Å². The van der Waals surface area contributed by atoms with Crippen LogP contribution in [0.3, 0.4) is 0 Å². The Morgan fingerprint density at radius 2 is 2.10 bits per heavy atom. The second-order valence-corrected chi connectivity index (χ2v) is 7.28. The van der Waals surface area contributed by atoms with Crippen LogP contribution in [0.5, 0.6) is 0 Å². The summed E-state index contributed by atoms with van der Waals surface area (Å²) in [5.41, 5.74) is -0.405. The van der Waals surface area contributed by atoms with E-state index >= 15 is 0 Å². The van der Waals surface area contributed by atoms with Gasteiger partial charge in [-0.15, -0.1) is 0 Å². The summed E-state index contributed by atoms with van der Waals surface area (Å²) < 4.78 is 0. The topological polar surface area (TPSA) is 65.5 Å². The number of amides is 1. The van der Waals surface area contributed by atoms with Gasteiger partial charge >= 0.3 is 0 Å². The highest BCUT2D eigenvalue weighted by Gasteiger charge is 2.49. The van der Waals surface area contributed by atoms with Crippen molar-refractivity contribution in [1.82, 2.24) is 9.88 Å². The van der Waals surface area contributed by atoms with Gasteiger partial charge in [0.25, 0.3) is 5.91 Å². The molecular formula is C14H23N3O2S. The summed E-state index contributed by atoms with van der Waals surface area (Å²) in [6, 6.07) is 0. The lowest BCUT2D eigenvalue weighted by Gasteiger charge is -2.30. The van der Waals surface area contributed by atoms with Crippen LogP contribution in [0.4, 0.5) is 5.13 Å². The van der Waals surface area contributed by atoms with Gasteiger partial charge in [0.05, 0.1) is 17.8 Å². The molecule has 1 aliphatic rings. The second-order valence-electron chi connectivity index (χ2n) is 6.28. The maximum Gasteiger partial charge on any atom is 0.266 e. The van der Waals surface area contributed by atoms with Crippen molar-refractivity contribution in [2.75, 3.05) is 25.0 Å². The molecular weight excluding hydrogens is 274 g/mol. The molecule has 2 rings (SSSR count). The van der Waals surface area contributed by atoms with Crippen LogP contribution in [0.15, 0.2) is 0 Å². The van der Waals surface area contributed by atoms with E-state index in [-0.39, 0.29) is 11.3 Å². The molecule has 1 fully saturated rings. The number of likely N-dealkylation sites (tertiary alicyclic amines) is 1. The summed E-state index contributed by atoms with van der Waals surface area (Å²) >= 11 is 1.38. The van der Waals surface area contributed by atoms with Gasteiger partial charge in [0, 0.05) is 18.5 Å². The molecule has 1 aromatic heterocycles. The number of rotatable bonds is 3. The van der Waals surface area contributed by atoms with E-state index in [9.17, 15) is 9.90 Å². The molecule has 1 saturated heterocycles. The third kappa shape index (κ3) is 2.54. The predicted molar refractivity (Wildman–Crippen MR) is 81.3 cm³/mol. The summed E-state index contributed by atoms with van der Waals surface area (Å²) in [6.07, 6.45) is 0. The lowest BCUT2D eigenvalue weighted by atomic mass is 9.79. The maximum atomic E-state index is 12.6. The Kier molecular flexibility index (Phi) is 3.81. The van der Waals surface area contributed by atoms with Gasteiger partial charge in [-0.3, -0.25) is 4.79 Å². The third-order valence-corrected chi connectivity index (χ3v) is 5.25. The van der Waals surface area contributed by atoms with E-state index in [1.807, 2.05) is 27.7 Å². The first-order valence-electron chi connectivity index (χ1n) is 6.91. The fourth-order valence-corrected chi connectivity index (χ4v) is 3.40. The van der Waals surface area contributed by atoms with Gasteiger partial charge in [0.1, 0.15) is 4.88 Å². The average molecular weight is 297 g/mol. The van der Waals surface area contributed by atoms with Crippen LogP contribution in [0.25, 0.3) is 0 Å². The number of aliphatic hydroxyl groups is 1. The van der Waals surface area contributed by atoms with Crippen molar-refractivity contribution in [1.29, 1.82) is 0 Å². The van der Waals surface area contributed by atoms with E-state index in [1.54, 1.807) is 11.8 Å². The average Bonchev–Trinajstić information content (AvgIpc) is 2.77. The van der Waals surface area contributed by atoms with Gasteiger partial charge in [-0.25, -0.2) is 4.98 Å². The van der Waals surface area contributed by atoms with Crippen LogP contribution in [0.1, 0.15) is 43.1 Å². The van der Waals surface area contributed by atoms with Gasteiger partial charge in [-0.05, 0) is 20.8 Å². The molecule has 5 nitrogen and oxygen atoms in total. The van der Waals surface area contributed by atoms with Crippen molar-refractivity contribution in [2.24, 2.45) is 5.41 Å². The Labute approximate surface area is 124 Å². The van der Waals surface area contributed by atoms with E-state index in [1.165, 1.54) is 11.3 Å². The number of thiazole rings is 1. The summed E-state index contributed by atoms with van der Waals surface area (Å²) in [4.78, 5) is 19.4. The Morgan fingerprint density at radius 3 is 2.60 bits per heavy atom. The fourth-order valence-electron chi connectivity index (χ4n) is 2.40. The Bertz CT molecular complexity index is 506. The highest BCUT2D eigenvalue weighted by atomic mass is 32.1. The lowest BCUT2D eigenvalue weighted by molar-refractivity contribution is -0.0108. The number of hydrogen-bond donors (Lipinski definition) is 2. The molecule has 2 heterocycles. The standard InChI is InChI=1S/C14H23N3O2S/c1-6-15-12-16-9(2)10(20-12)11(18)17-7-13(3,4)14(5,19)8-17/h19H,6-8H2,1-5H3,(H,15,16)/t14-/m0/s1. The highest BCUT2D eigenvalue weighted by molar-refractivity contribution is 7.17. The molecule has 6 heteroatoms. The molecule has 0 unspecified atom stereocenters. The molecule has 1 aromatic rings. The number of nitrogens with one attached hydrogen (secondary N) is 1. The third-order valence-electron chi connectivity index (χ3n) is 4.15. The number of aromatic nitrogens is 1. The fraction of sp³-hybridized carbons (Fsp3) is 0.714. The molecule has 1 atom stereocenters. The Balaban J connectivity index is 2.21. The second kappa shape index (κ2) is 5.00. The van der Waals surface area contributed by atoms with Gasteiger partial charge in [-0.1, -0.05) is 25.2 Å². The zero-order valence-corrected chi connectivity index (χ0v) is 13.6. The molecule has 0 spiro atoms. The monoisotopic (exact) mass is 297 g/mol. The van der Waals surface area contributed by atoms with Gasteiger partial charge < -0.3 is 15.3 Å². The van der Waals surface area contributed by atoms with E-state index < -0.39 is 5.60 Å². The Hall–Kier alpha value is -1.14. The quantitative estimate of drug-likeness (QED) is 0.897. The van der Waals surface area contributed by atoms with Gasteiger partial charge in [0.2, 0.25) is 0 Å². The molecule has 0 aliphatic carbocycles. The SMILES string of the molecule is CCNc1nc(C)c(C(=O)N2CC(C)(C)[C@@](C)(O)C2)s1. The number of anilines is 1. The molecule has 0 saturated carbocycles. The zero-order valence-electron chi connectivity index (χ0n) is 12.8. The smallest absolute Gasteiger partial charge is 0.266 e. The van der Waals surface area contributed by atoms with Crippen molar-refractivity contribution in [2.45, 2.75) is 40.2 Å². The number of carbonyl (C=O) groups excluding carboxylic acids is 1. The first kappa shape index (κ1) is 15.3. The largest absolute Gasteiger partial charge is 0.388 e. The van der Waals surface area contributed by atoms with Crippen molar-refractivity contribution in [3.05, 3.63) is 10.6 Å². The van der Waals surface area contributed by atoms with E-state index in [4.69, 9.17) is 0 Å². The molecule has 0 radical (unpaired) electrons. The molecule has 2 N–H and O–H groups in total. The van der Waals surface area contributed by atoms with Gasteiger partial charge in [0.15, 0.2) is 5.13 Å². The number of β-amino-alcohol motifs (C(OH)–C–C–N with tert-alkyl or cyclic N) is 1. The first-order chi connectivity index (χ1) is 9.18. The van der Waals surface area contributed by atoms with Crippen LogP contribution < -0.4 is 5.32 Å². The number of nitrogens with zero attached hydrogens (tertiary/aromatic N) is 2. The van der Waals surface area contributed by atoms with E-state index in [0.717, 1.165) is 17.4 Å². The Morgan fingerprint density at radius 1 is 1.45 bits per heavy atom. The maximum absolute atomic E-state index is 12.6. The number of hydrogen-bond acceptors (Lipinski definition) is 5. The van der Waals surface area contributed by atoms with Crippen LogP contribution >= 0.6 is 11.3 Å². The van der Waals surface area contributed by atoms with Crippen LogP contribution in [-0.4, -0.2) is 46.1 Å². The number of aryl methyl sites for hydroxylation is 1. The predicted octanol–water partition coefficient (Wildman–Crippen LogP) is 2.12. The minimum absolute atomic E-state index is 0.0324. The summed E-state index contributed by atoms with van der Waals surface area (Å²) in [5, 5.41) is 14.3. The van der Waals surface area contributed by atoms with E-state index in [0.29, 0.717) is 18.0 Å². The van der Waals surface area contributed by atoms with Crippen molar-refractivity contribution >= 4 is 22.4 Å². The highest BCUT2D eigenvalue weighted by Crippen LogP contribution is 2.39. The first-order valence-corrected chi connectivity index (χ1v) is 7.72. The summed E-state index contributed by atoms with van der Waals surface area (Å²) in [7, 11) is 0. The van der Waals surface area contributed by atoms with Crippen LogP contribution in [-0.2, 0) is 0 Å². The molecule has 0 bridgehead atoms. The summed E-state index contributed by atoms with van der Waals surface area (Å²) in [5.74, 6) is -0.0324. The molecule has 1 amide bonds. The number of carbonyl (C=O) groups is 1. The molecule has 112 valence electrons. The zero-order chi connectivity index (χ0) is 15.1. The molecule has 0 aromatic carbocycles. The minimum Gasteiger partial charge on any atom is -0.388 e. The summed E-state index contributed by atoms with van der Waals surface area (Å²) in [6.45, 7) is 11.3. The van der Waals surface area contributed by atoms with Crippen LogP contribution in [0, 0.1) is 12.3 Å². The van der Waals surface area contributed by atoms with E-state index in [2.05, 4.69) is 10.3 Å². The normalized spacial score (nSPS) is 25.0.